The van der Waals surface area contributed by atoms with Gasteiger partial charge in [-0.25, -0.2) is 9.78 Å². The minimum absolute atomic E-state index is 0.329. The molecular formula is C15H13ClN2O2. The highest BCUT2D eigenvalue weighted by Crippen LogP contribution is 2.31. The molecule has 0 radical (unpaired) electrons. The number of ether oxygens (including phenoxy) is 1. The zero-order valence-corrected chi connectivity index (χ0v) is 12.2. The van der Waals surface area contributed by atoms with Crippen LogP contribution < -0.4 is 0 Å². The quantitative estimate of drug-likeness (QED) is 0.644. The average molecular weight is 289 g/mol. The fourth-order valence-corrected chi connectivity index (χ4v) is 2.79. The van der Waals surface area contributed by atoms with E-state index in [2.05, 4.69) is 4.98 Å². The van der Waals surface area contributed by atoms with Gasteiger partial charge in [0.25, 0.3) is 0 Å². The standard InChI is InChI=1S/C15H13ClN2O2/c1-8-7-18(2)14-10-5-4-9(16)6-11(10)17-13(12(8)14)15(19)20-3/h4-7H,1-3H3. The second kappa shape index (κ2) is 4.49. The topological polar surface area (TPSA) is 44.1 Å². The number of esters is 1. The number of nitrogens with zero attached hydrogens (tertiary/aromatic N) is 2. The van der Waals surface area contributed by atoms with Gasteiger partial charge in [0, 0.05) is 29.0 Å². The Morgan fingerprint density at radius 1 is 1.40 bits per heavy atom. The van der Waals surface area contributed by atoms with E-state index in [1.807, 2.05) is 36.9 Å². The molecule has 5 heteroatoms. The molecule has 0 fully saturated rings. The summed E-state index contributed by atoms with van der Waals surface area (Å²) in [7, 11) is 3.31. The number of fused-ring (bicyclic) bond motifs is 3. The zero-order chi connectivity index (χ0) is 14.4. The van der Waals surface area contributed by atoms with Crippen molar-refractivity contribution in [2.24, 2.45) is 7.05 Å². The Labute approximate surface area is 120 Å². The third kappa shape index (κ3) is 1.76. The molecule has 102 valence electrons. The molecule has 0 saturated heterocycles. The van der Waals surface area contributed by atoms with Crippen molar-refractivity contribution in [1.82, 2.24) is 9.55 Å². The van der Waals surface area contributed by atoms with Gasteiger partial charge in [-0.1, -0.05) is 11.6 Å². The van der Waals surface area contributed by atoms with Crippen LogP contribution in [0.15, 0.2) is 24.4 Å². The molecule has 0 unspecified atom stereocenters. The molecule has 2 heterocycles. The van der Waals surface area contributed by atoms with E-state index in [9.17, 15) is 4.79 Å². The molecule has 0 spiro atoms. The second-order valence-electron chi connectivity index (χ2n) is 4.76. The number of carbonyl (C=O) groups is 1. The summed E-state index contributed by atoms with van der Waals surface area (Å²) < 4.78 is 6.84. The van der Waals surface area contributed by atoms with Crippen LogP contribution in [0.25, 0.3) is 21.8 Å². The van der Waals surface area contributed by atoms with Crippen LogP contribution in [0, 0.1) is 6.92 Å². The first kappa shape index (κ1) is 12.9. The first-order valence-electron chi connectivity index (χ1n) is 6.16. The van der Waals surface area contributed by atoms with Crippen LogP contribution in [0.4, 0.5) is 0 Å². The normalized spacial score (nSPS) is 11.2. The summed E-state index contributed by atoms with van der Waals surface area (Å²) in [5.41, 5.74) is 2.97. The van der Waals surface area contributed by atoms with Crippen LogP contribution in [-0.2, 0) is 11.8 Å². The summed E-state index contributed by atoms with van der Waals surface area (Å²) in [5.74, 6) is -0.439. The van der Waals surface area contributed by atoms with E-state index in [1.54, 1.807) is 6.07 Å². The van der Waals surface area contributed by atoms with Crippen molar-refractivity contribution in [3.63, 3.8) is 0 Å². The Kier molecular flexibility index (Phi) is 2.91. The number of pyridine rings is 1. The lowest BCUT2D eigenvalue weighted by Gasteiger charge is -2.07. The molecule has 0 aliphatic heterocycles. The van der Waals surface area contributed by atoms with E-state index >= 15 is 0 Å². The molecule has 0 atom stereocenters. The fourth-order valence-electron chi connectivity index (χ4n) is 2.62. The fraction of sp³-hybridized carbons (Fsp3) is 0.200. The summed E-state index contributed by atoms with van der Waals surface area (Å²) in [5, 5.41) is 2.38. The van der Waals surface area contributed by atoms with Crippen LogP contribution in [0.5, 0.6) is 0 Å². The van der Waals surface area contributed by atoms with Crippen LogP contribution in [-0.4, -0.2) is 22.6 Å². The van der Waals surface area contributed by atoms with Gasteiger partial charge >= 0.3 is 5.97 Å². The lowest BCUT2D eigenvalue weighted by molar-refractivity contribution is 0.0597. The predicted molar refractivity (Wildman–Crippen MR) is 79.3 cm³/mol. The van der Waals surface area contributed by atoms with Crippen molar-refractivity contribution >= 4 is 39.4 Å². The zero-order valence-electron chi connectivity index (χ0n) is 11.4. The number of hydrogen-bond acceptors (Lipinski definition) is 3. The third-order valence-corrected chi connectivity index (χ3v) is 3.67. The summed E-state index contributed by atoms with van der Waals surface area (Å²) >= 11 is 6.02. The molecule has 0 amide bonds. The molecule has 20 heavy (non-hydrogen) atoms. The van der Waals surface area contributed by atoms with Gasteiger partial charge in [-0.2, -0.15) is 0 Å². The molecule has 0 saturated carbocycles. The van der Waals surface area contributed by atoms with Gasteiger partial charge in [-0.15, -0.1) is 0 Å². The third-order valence-electron chi connectivity index (χ3n) is 3.43. The van der Waals surface area contributed by atoms with Crippen molar-refractivity contribution in [3.05, 3.63) is 40.7 Å². The monoisotopic (exact) mass is 288 g/mol. The van der Waals surface area contributed by atoms with Gasteiger partial charge < -0.3 is 9.30 Å². The van der Waals surface area contributed by atoms with Crippen LogP contribution in [0.3, 0.4) is 0 Å². The van der Waals surface area contributed by atoms with E-state index in [1.165, 1.54) is 7.11 Å². The molecule has 0 aliphatic carbocycles. The minimum atomic E-state index is -0.439. The lowest BCUT2D eigenvalue weighted by Crippen LogP contribution is -2.06. The van der Waals surface area contributed by atoms with Crippen LogP contribution in [0.1, 0.15) is 16.1 Å². The molecule has 4 nitrogen and oxygen atoms in total. The number of rotatable bonds is 1. The highest BCUT2D eigenvalue weighted by molar-refractivity contribution is 6.31. The number of aryl methyl sites for hydroxylation is 2. The van der Waals surface area contributed by atoms with Crippen molar-refractivity contribution in [1.29, 1.82) is 0 Å². The highest BCUT2D eigenvalue weighted by Gasteiger charge is 2.19. The molecule has 0 bridgehead atoms. The van der Waals surface area contributed by atoms with Crippen molar-refractivity contribution in [2.45, 2.75) is 6.92 Å². The van der Waals surface area contributed by atoms with Crippen LogP contribution >= 0.6 is 11.6 Å². The summed E-state index contributed by atoms with van der Waals surface area (Å²) in [6, 6.07) is 5.50. The van der Waals surface area contributed by atoms with Gasteiger partial charge in [-0.3, -0.25) is 0 Å². The Hall–Kier alpha value is -2.07. The number of methoxy groups -OCH3 is 1. The Balaban J connectivity index is 2.56. The number of aromatic nitrogens is 2. The van der Waals surface area contributed by atoms with Crippen LogP contribution in [0.2, 0.25) is 5.02 Å². The van der Waals surface area contributed by atoms with E-state index < -0.39 is 5.97 Å². The maximum Gasteiger partial charge on any atom is 0.357 e. The number of benzene rings is 1. The Morgan fingerprint density at radius 3 is 2.85 bits per heavy atom. The van der Waals surface area contributed by atoms with E-state index in [-0.39, 0.29) is 0 Å². The molecular weight excluding hydrogens is 276 g/mol. The smallest absolute Gasteiger partial charge is 0.357 e. The molecule has 0 aliphatic rings. The van der Waals surface area contributed by atoms with Gasteiger partial charge in [0.05, 0.1) is 18.1 Å². The summed E-state index contributed by atoms with van der Waals surface area (Å²) in [4.78, 5) is 16.4. The minimum Gasteiger partial charge on any atom is -0.464 e. The highest BCUT2D eigenvalue weighted by atomic mass is 35.5. The number of carbonyl (C=O) groups excluding carboxylic acids is 1. The SMILES string of the molecule is COC(=O)c1nc2cc(Cl)ccc2c2c1c(C)cn2C. The second-order valence-corrected chi connectivity index (χ2v) is 5.20. The maximum atomic E-state index is 12.0. The van der Waals surface area contributed by atoms with E-state index in [0.29, 0.717) is 16.2 Å². The average Bonchev–Trinajstić information content (AvgIpc) is 2.72. The van der Waals surface area contributed by atoms with Gasteiger partial charge in [0.15, 0.2) is 5.69 Å². The van der Waals surface area contributed by atoms with Gasteiger partial charge in [0.1, 0.15) is 0 Å². The van der Waals surface area contributed by atoms with Crippen molar-refractivity contribution < 1.29 is 9.53 Å². The van der Waals surface area contributed by atoms with E-state index in [4.69, 9.17) is 16.3 Å². The van der Waals surface area contributed by atoms with Gasteiger partial charge in [-0.05, 0) is 30.7 Å². The summed E-state index contributed by atoms with van der Waals surface area (Å²) in [6.07, 6.45) is 1.98. The number of hydrogen-bond donors (Lipinski definition) is 0. The molecule has 1 aromatic carbocycles. The Bertz CT molecular complexity index is 852. The lowest BCUT2D eigenvalue weighted by atomic mass is 10.1. The van der Waals surface area contributed by atoms with E-state index in [0.717, 1.165) is 21.9 Å². The Morgan fingerprint density at radius 2 is 2.15 bits per heavy atom. The first-order valence-corrected chi connectivity index (χ1v) is 6.54. The van der Waals surface area contributed by atoms with Crippen molar-refractivity contribution in [2.75, 3.05) is 7.11 Å². The largest absolute Gasteiger partial charge is 0.464 e. The maximum absolute atomic E-state index is 12.0. The van der Waals surface area contributed by atoms with Gasteiger partial charge in [0.2, 0.25) is 0 Å². The first-order chi connectivity index (χ1) is 9.52. The molecule has 0 N–H and O–H groups in total. The predicted octanol–water partition coefficient (Wildman–Crippen LogP) is 3.47. The molecule has 3 aromatic rings. The number of halogens is 1. The molecule has 3 rings (SSSR count). The summed E-state index contributed by atoms with van der Waals surface area (Å²) in [6.45, 7) is 1.96. The van der Waals surface area contributed by atoms with Crippen molar-refractivity contribution in [3.8, 4) is 0 Å². The molecule has 2 aromatic heterocycles.